The van der Waals surface area contributed by atoms with Crippen LogP contribution in [0.2, 0.25) is 0 Å². The first kappa shape index (κ1) is 23.3. The minimum Gasteiger partial charge on any atom is -0.454 e. The molecule has 6 rings (SSSR count). The van der Waals surface area contributed by atoms with Gasteiger partial charge in [0.25, 0.3) is 5.91 Å². The second-order valence-electron chi connectivity index (χ2n) is 10.4. The van der Waals surface area contributed by atoms with Crippen LogP contribution in [0.4, 0.5) is 0 Å². The predicted octanol–water partition coefficient (Wildman–Crippen LogP) is 4.19. The molecule has 2 atom stereocenters. The highest BCUT2D eigenvalue weighted by Gasteiger charge is 2.46. The number of hydrogen-bond acceptors (Lipinski definition) is 5. The molecule has 7 nitrogen and oxygen atoms in total. The Balaban J connectivity index is 1.36. The van der Waals surface area contributed by atoms with Gasteiger partial charge in [-0.2, -0.15) is 0 Å². The number of carbonyl (C=O) groups excluding carboxylic acids is 2. The molecule has 0 N–H and O–H groups in total. The summed E-state index contributed by atoms with van der Waals surface area (Å²) in [6, 6.07) is 13.8. The summed E-state index contributed by atoms with van der Waals surface area (Å²) in [6.07, 6.45) is 6.02. The Morgan fingerprint density at radius 2 is 1.72 bits per heavy atom. The highest BCUT2D eigenvalue weighted by atomic mass is 16.7. The van der Waals surface area contributed by atoms with Gasteiger partial charge in [0, 0.05) is 44.3 Å². The number of ether oxygens (including phenoxy) is 2. The van der Waals surface area contributed by atoms with Crippen LogP contribution in [0.1, 0.15) is 72.5 Å². The molecule has 1 aliphatic carbocycles. The van der Waals surface area contributed by atoms with E-state index in [1.54, 1.807) is 0 Å². The number of hydrogen-bond donors (Lipinski definition) is 0. The number of amides is 2. The minimum absolute atomic E-state index is 0.00906. The lowest BCUT2D eigenvalue weighted by molar-refractivity contribution is -0.136. The van der Waals surface area contributed by atoms with Crippen LogP contribution >= 0.6 is 0 Å². The maximum absolute atomic E-state index is 14.3. The van der Waals surface area contributed by atoms with Crippen molar-refractivity contribution in [2.45, 2.75) is 57.0 Å². The summed E-state index contributed by atoms with van der Waals surface area (Å²) in [6.45, 7) is 6.19. The van der Waals surface area contributed by atoms with Crippen LogP contribution in [-0.2, 0) is 4.79 Å². The van der Waals surface area contributed by atoms with E-state index in [9.17, 15) is 9.59 Å². The summed E-state index contributed by atoms with van der Waals surface area (Å²) in [4.78, 5) is 34.5. The van der Waals surface area contributed by atoms with E-state index in [4.69, 9.17) is 9.47 Å². The molecule has 4 aliphatic rings. The van der Waals surface area contributed by atoms with Crippen molar-refractivity contribution in [3.63, 3.8) is 0 Å². The van der Waals surface area contributed by atoms with Crippen LogP contribution in [0.3, 0.4) is 0 Å². The van der Waals surface area contributed by atoms with E-state index in [2.05, 4.69) is 11.8 Å². The van der Waals surface area contributed by atoms with E-state index in [0.717, 1.165) is 43.7 Å². The van der Waals surface area contributed by atoms with Crippen molar-refractivity contribution in [1.29, 1.82) is 0 Å². The van der Waals surface area contributed by atoms with Gasteiger partial charge >= 0.3 is 0 Å². The fraction of sp³-hybridized carbons (Fsp3) is 0.517. The lowest BCUT2D eigenvalue weighted by atomic mass is 9.78. The Morgan fingerprint density at radius 1 is 0.972 bits per heavy atom. The first-order valence-corrected chi connectivity index (χ1v) is 13.5. The molecule has 36 heavy (non-hydrogen) atoms. The maximum atomic E-state index is 14.3. The zero-order valence-electron chi connectivity index (χ0n) is 21.0. The number of fused-ring (bicyclic) bond motifs is 2. The third-order valence-corrected chi connectivity index (χ3v) is 8.37. The topological polar surface area (TPSA) is 62.3 Å². The third-order valence-electron chi connectivity index (χ3n) is 8.37. The Bertz CT molecular complexity index is 1140. The van der Waals surface area contributed by atoms with Crippen LogP contribution in [0.25, 0.3) is 0 Å². The van der Waals surface area contributed by atoms with E-state index in [1.165, 1.54) is 25.7 Å². The van der Waals surface area contributed by atoms with Crippen LogP contribution in [0, 0.1) is 0 Å². The molecule has 2 aromatic rings. The standard InChI is InChI=1S/C29H35N3O4/c1-2-13-32-27(20-11-12-24-25(18-20)36-19-35-24)26(22-9-5-6-10-23(22)28(32)33)29(34)31-16-14-30(15-17-31)21-7-3-4-8-21/h5-6,9-12,18,21,26-27H,2-4,7-8,13-17,19H2,1H3/t26-,27-/m0/s1. The van der Waals surface area contributed by atoms with Crippen molar-refractivity contribution in [3.8, 4) is 11.5 Å². The Kier molecular flexibility index (Phi) is 6.34. The van der Waals surface area contributed by atoms with Gasteiger partial charge in [0.05, 0.1) is 12.0 Å². The molecule has 2 fully saturated rings. The normalized spacial score (nSPS) is 24.3. The van der Waals surface area contributed by atoms with Crippen molar-refractivity contribution in [1.82, 2.24) is 14.7 Å². The lowest BCUT2D eigenvalue weighted by Gasteiger charge is -2.45. The van der Waals surface area contributed by atoms with Crippen LogP contribution in [0.15, 0.2) is 42.5 Å². The van der Waals surface area contributed by atoms with Gasteiger partial charge in [0.1, 0.15) is 0 Å². The average Bonchev–Trinajstić information content (AvgIpc) is 3.62. The first-order chi connectivity index (χ1) is 17.7. The number of carbonyl (C=O) groups is 2. The summed E-state index contributed by atoms with van der Waals surface area (Å²) < 4.78 is 11.2. The zero-order valence-corrected chi connectivity index (χ0v) is 21.0. The van der Waals surface area contributed by atoms with Crippen LogP contribution < -0.4 is 9.47 Å². The molecular formula is C29H35N3O4. The van der Waals surface area contributed by atoms with Crippen molar-refractivity contribution < 1.29 is 19.1 Å². The van der Waals surface area contributed by atoms with E-state index in [1.807, 2.05) is 52.3 Å². The van der Waals surface area contributed by atoms with Gasteiger partial charge in [0.15, 0.2) is 11.5 Å². The summed E-state index contributed by atoms with van der Waals surface area (Å²) >= 11 is 0. The SMILES string of the molecule is CCCN1C(=O)c2ccccc2[C@H](C(=O)N2CCN(C3CCCC3)CC2)[C@@H]1c1ccc2c(c1)OCO2. The number of benzene rings is 2. The second kappa shape index (κ2) is 9.77. The summed E-state index contributed by atoms with van der Waals surface area (Å²) in [5.41, 5.74) is 2.39. The maximum Gasteiger partial charge on any atom is 0.254 e. The third kappa shape index (κ3) is 4.03. The summed E-state index contributed by atoms with van der Waals surface area (Å²) in [5.74, 6) is 1.03. The van der Waals surface area contributed by atoms with Gasteiger partial charge in [-0.15, -0.1) is 0 Å². The molecular weight excluding hydrogens is 454 g/mol. The highest BCUT2D eigenvalue weighted by Crippen LogP contribution is 2.46. The smallest absolute Gasteiger partial charge is 0.254 e. The molecule has 0 radical (unpaired) electrons. The molecule has 190 valence electrons. The molecule has 3 aliphatic heterocycles. The fourth-order valence-corrected chi connectivity index (χ4v) is 6.59. The predicted molar refractivity (Wildman–Crippen MR) is 136 cm³/mol. The second-order valence-corrected chi connectivity index (χ2v) is 10.4. The van der Waals surface area contributed by atoms with Crippen molar-refractivity contribution in [2.24, 2.45) is 0 Å². The average molecular weight is 490 g/mol. The largest absolute Gasteiger partial charge is 0.454 e. The fourth-order valence-electron chi connectivity index (χ4n) is 6.59. The molecule has 1 saturated carbocycles. The first-order valence-electron chi connectivity index (χ1n) is 13.5. The van der Waals surface area contributed by atoms with Gasteiger partial charge in [-0.1, -0.05) is 44.0 Å². The molecule has 7 heteroatoms. The van der Waals surface area contributed by atoms with Crippen LogP contribution in [-0.4, -0.2) is 72.1 Å². The van der Waals surface area contributed by atoms with Gasteiger partial charge in [-0.05, 0) is 48.6 Å². The van der Waals surface area contributed by atoms with Crippen molar-refractivity contribution in [3.05, 3.63) is 59.2 Å². The monoisotopic (exact) mass is 489 g/mol. The van der Waals surface area contributed by atoms with E-state index in [-0.39, 0.29) is 24.6 Å². The molecule has 3 heterocycles. The molecule has 2 amide bonds. The zero-order chi connectivity index (χ0) is 24.6. The highest BCUT2D eigenvalue weighted by molar-refractivity contribution is 6.01. The van der Waals surface area contributed by atoms with Crippen molar-refractivity contribution in [2.75, 3.05) is 39.5 Å². The minimum atomic E-state index is -0.455. The van der Waals surface area contributed by atoms with Gasteiger partial charge in [-0.3, -0.25) is 14.5 Å². The number of piperazine rings is 1. The van der Waals surface area contributed by atoms with Gasteiger partial charge in [-0.25, -0.2) is 0 Å². The van der Waals surface area contributed by atoms with Crippen molar-refractivity contribution >= 4 is 11.8 Å². The Morgan fingerprint density at radius 3 is 2.50 bits per heavy atom. The quantitative estimate of drug-likeness (QED) is 0.630. The summed E-state index contributed by atoms with van der Waals surface area (Å²) in [7, 11) is 0. The molecule has 0 spiro atoms. The molecule has 0 aromatic heterocycles. The Labute approximate surface area is 212 Å². The van der Waals surface area contributed by atoms with E-state index < -0.39 is 5.92 Å². The Hall–Kier alpha value is -3.06. The van der Waals surface area contributed by atoms with Gasteiger partial charge in [0.2, 0.25) is 12.7 Å². The van der Waals surface area contributed by atoms with Gasteiger partial charge < -0.3 is 19.3 Å². The molecule has 0 bridgehead atoms. The molecule has 2 aromatic carbocycles. The number of nitrogens with zero attached hydrogens (tertiary/aromatic N) is 3. The van der Waals surface area contributed by atoms with E-state index >= 15 is 0 Å². The molecule has 1 saturated heterocycles. The lowest BCUT2D eigenvalue weighted by Crippen LogP contribution is -2.54. The van der Waals surface area contributed by atoms with E-state index in [0.29, 0.717) is 29.6 Å². The van der Waals surface area contributed by atoms with Crippen LogP contribution in [0.5, 0.6) is 11.5 Å². The summed E-state index contributed by atoms with van der Waals surface area (Å²) in [5, 5.41) is 0. The number of rotatable bonds is 5. The molecule has 0 unspecified atom stereocenters.